The second-order valence-electron chi connectivity index (χ2n) is 2.37. The van der Waals surface area contributed by atoms with E-state index in [4.69, 9.17) is 0 Å². The fourth-order valence-corrected chi connectivity index (χ4v) is 1.11. The van der Waals surface area contributed by atoms with Crippen LogP contribution in [0.15, 0.2) is 18.3 Å². The molecule has 0 aliphatic rings. The summed E-state index contributed by atoms with van der Waals surface area (Å²) in [5, 5.41) is 19.9. The van der Waals surface area contributed by atoms with Crippen LogP contribution in [0.5, 0.6) is 0 Å². The van der Waals surface area contributed by atoms with Crippen LogP contribution >= 0.6 is 15.9 Å². The van der Waals surface area contributed by atoms with E-state index in [1.807, 2.05) is 0 Å². The maximum Gasteiger partial charge on any atom is 0.287 e. The lowest BCUT2D eigenvalue weighted by molar-refractivity contribution is -0.385. The van der Waals surface area contributed by atoms with Crippen LogP contribution in [0.2, 0.25) is 0 Å². The van der Waals surface area contributed by atoms with Gasteiger partial charge in [-0.25, -0.2) is 0 Å². The Balaban J connectivity index is 2.87. The molecule has 0 aliphatic heterocycles. The lowest BCUT2D eigenvalue weighted by Crippen LogP contribution is -2.01. The van der Waals surface area contributed by atoms with Crippen LogP contribution in [0.25, 0.3) is 0 Å². The number of aliphatic hydroxyl groups is 1. The fraction of sp³-hybridized carbons (Fsp3) is 0.286. The summed E-state index contributed by atoms with van der Waals surface area (Å²) in [5.41, 5.74) is 0.341. The summed E-state index contributed by atoms with van der Waals surface area (Å²) in [4.78, 5) is 13.5. The highest BCUT2D eigenvalue weighted by Gasteiger charge is 2.10. The SMILES string of the molecule is O=[N+]([O-])c1ccc(C(O)CBr)nc1. The zero-order valence-electron chi connectivity index (χ0n) is 6.55. The molecule has 0 radical (unpaired) electrons. The van der Waals surface area contributed by atoms with E-state index in [0.717, 1.165) is 6.20 Å². The number of hydrogen-bond donors (Lipinski definition) is 1. The van der Waals surface area contributed by atoms with Crippen LogP contribution < -0.4 is 0 Å². The Morgan fingerprint density at radius 3 is 2.77 bits per heavy atom. The first-order valence-corrected chi connectivity index (χ1v) is 4.61. The van der Waals surface area contributed by atoms with Gasteiger partial charge in [-0.2, -0.15) is 0 Å². The molecule has 0 saturated heterocycles. The molecular formula is C7H7BrN2O3. The highest BCUT2D eigenvalue weighted by molar-refractivity contribution is 9.09. The van der Waals surface area contributed by atoms with Crippen molar-refractivity contribution in [3.8, 4) is 0 Å². The van der Waals surface area contributed by atoms with Gasteiger partial charge in [0.15, 0.2) is 0 Å². The molecule has 6 heteroatoms. The van der Waals surface area contributed by atoms with Crippen molar-refractivity contribution in [2.24, 2.45) is 0 Å². The molecule has 70 valence electrons. The zero-order chi connectivity index (χ0) is 9.84. The predicted molar refractivity (Wildman–Crippen MR) is 49.6 cm³/mol. The van der Waals surface area contributed by atoms with E-state index in [9.17, 15) is 15.2 Å². The fourth-order valence-electron chi connectivity index (χ4n) is 0.782. The minimum absolute atomic E-state index is 0.0782. The maximum atomic E-state index is 10.2. The lowest BCUT2D eigenvalue weighted by atomic mass is 10.2. The summed E-state index contributed by atoms with van der Waals surface area (Å²) in [7, 11) is 0. The van der Waals surface area contributed by atoms with Gasteiger partial charge in [0.05, 0.1) is 10.6 Å². The van der Waals surface area contributed by atoms with Gasteiger partial charge >= 0.3 is 0 Å². The van der Waals surface area contributed by atoms with Crippen LogP contribution in [-0.4, -0.2) is 20.3 Å². The zero-order valence-corrected chi connectivity index (χ0v) is 8.14. The average Bonchev–Trinajstić information content (AvgIpc) is 2.17. The highest BCUT2D eigenvalue weighted by atomic mass is 79.9. The van der Waals surface area contributed by atoms with Gasteiger partial charge < -0.3 is 5.11 Å². The predicted octanol–water partition coefficient (Wildman–Crippen LogP) is 1.42. The minimum Gasteiger partial charge on any atom is -0.386 e. The van der Waals surface area contributed by atoms with Crippen LogP contribution in [0.4, 0.5) is 5.69 Å². The first-order valence-electron chi connectivity index (χ1n) is 3.49. The average molecular weight is 247 g/mol. The number of nitrogens with zero attached hydrogens (tertiary/aromatic N) is 2. The minimum atomic E-state index is -0.721. The molecule has 1 atom stereocenters. The molecule has 0 amide bonds. The molecular weight excluding hydrogens is 240 g/mol. The van der Waals surface area contributed by atoms with Crippen LogP contribution in [0, 0.1) is 10.1 Å². The van der Waals surface area contributed by atoms with Crippen molar-refractivity contribution in [3.05, 3.63) is 34.1 Å². The van der Waals surface area contributed by atoms with Crippen molar-refractivity contribution in [3.63, 3.8) is 0 Å². The first kappa shape index (κ1) is 10.1. The normalized spacial score (nSPS) is 12.5. The maximum absolute atomic E-state index is 10.2. The van der Waals surface area contributed by atoms with Crippen molar-refractivity contribution < 1.29 is 10.0 Å². The Morgan fingerprint density at radius 2 is 2.38 bits per heavy atom. The second kappa shape index (κ2) is 4.29. The topological polar surface area (TPSA) is 76.3 Å². The quantitative estimate of drug-likeness (QED) is 0.497. The summed E-state index contributed by atoms with van der Waals surface area (Å²) in [5.74, 6) is 0. The third-order valence-electron chi connectivity index (χ3n) is 1.47. The summed E-state index contributed by atoms with van der Waals surface area (Å²) >= 11 is 3.08. The largest absolute Gasteiger partial charge is 0.386 e. The third-order valence-corrected chi connectivity index (χ3v) is 2.08. The van der Waals surface area contributed by atoms with E-state index in [0.29, 0.717) is 11.0 Å². The number of rotatable bonds is 3. The molecule has 0 bridgehead atoms. The van der Waals surface area contributed by atoms with E-state index in [1.165, 1.54) is 12.1 Å². The summed E-state index contributed by atoms with van der Waals surface area (Å²) in [6.45, 7) is 0. The third kappa shape index (κ3) is 2.46. The monoisotopic (exact) mass is 246 g/mol. The summed E-state index contributed by atoms with van der Waals surface area (Å²) < 4.78 is 0. The Hall–Kier alpha value is -1.01. The van der Waals surface area contributed by atoms with Crippen molar-refractivity contribution >= 4 is 21.6 Å². The van der Waals surface area contributed by atoms with Gasteiger partial charge in [-0.3, -0.25) is 15.1 Å². The van der Waals surface area contributed by atoms with Gasteiger partial charge in [-0.15, -0.1) is 0 Å². The van der Waals surface area contributed by atoms with E-state index < -0.39 is 11.0 Å². The lowest BCUT2D eigenvalue weighted by Gasteiger charge is -2.04. The number of pyridine rings is 1. The molecule has 0 saturated carbocycles. The number of hydrogen-bond acceptors (Lipinski definition) is 4. The molecule has 1 aromatic heterocycles. The van der Waals surface area contributed by atoms with Crippen LogP contribution in [0.3, 0.4) is 0 Å². The van der Waals surface area contributed by atoms with E-state index >= 15 is 0 Å². The Bertz CT molecular complexity index is 301. The van der Waals surface area contributed by atoms with Gasteiger partial charge in [0, 0.05) is 11.4 Å². The standard InChI is InChI=1S/C7H7BrN2O3/c8-3-7(11)6-2-1-5(4-9-6)10(12)13/h1-2,4,7,11H,3H2. The van der Waals surface area contributed by atoms with Gasteiger partial charge in [0.2, 0.25) is 0 Å². The molecule has 13 heavy (non-hydrogen) atoms. The molecule has 0 aromatic carbocycles. The second-order valence-corrected chi connectivity index (χ2v) is 3.02. The van der Waals surface area contributed by atoms with Crippen LogP contribution in [-0.2, 0) is 0 Å². The molecule has 1 heterocycles. The van der Waals surface area contributed by atoms with Gasteiger partial charge in [0.25, 0.3) is 5.69 Å². The van der Waals surface area contributed by atoms with Crippen molar-refractivity contribution in [2.75, 3.05) is 5.33 Å². The smallest absolute Gasteiger partial charge is 0.287 e. The molecule has 1 unspecified atom stereocenters. The molecule has 0 aliphatic carbocycles. The molecule has 1 N–H and O–H groups in total. The Labute approximate surface area is 82.7 Å². The first-order chi connectivity index (χ1) is 6.15. The Kier molecular flexibility index (Phi) is 3.32. The molecule has 1 rings (SSSR count). The van der Waals surface area contributed by atoms with Crippen molar-refractivity contribution in [1.82, 2.24) is 4.98 Å². The van der Waals surface area contributed by atoms with Crippen molar-refractivity contribution in [2.45, 2.75) is 6.10 Å². The number of aromatic nitrogens is 1. The van der Waals surface area contributed by atoms with E-state index in [1.54, 1.807) is 0 Å². The molecule has 0 spiro atoms. The highest BCUT2D eigenvalue weighted by Crippen LogP contribution is 2.15. The number of alkyl halides is 1. The van der Waals surface area contributed by atoms with E-state index in [2.05, 4.69) is 20.9 Å². The van der Waals surface area contributed by atoms with Gasteiger partial charge in [-0.1, -0.05) is 15.9 Å². The molecule has 1 aromatic rings. The van der Waals surface area contributed by atoms with Gasteiger partial charge in [0.1, 0.15) is 12.3 Å². The number of halogens is 1. The molecule has 5 nitrogen and oxygen atoms in total. The molecule has 0 fully saturated rings. The summed E-state index contributed by atoms with van der Waals surface area (Å²) in [6, 6.07) is 2.75. The number of nitro groups is 1. The Morgan fingerprint density at radius 1 is 1.69 bits per heavy atom. The van der Waals surface area contributed by atoms with Crippen LogP contribution in [0.1, 0.15) is 11.8 Å². The summed E-state index contributed by atoms with van der Waals surface area (Å²) in [6.07, 6.45) is 0.405. The van der Waals surface area contributed by atoms with Crippen molar-refractivity contribution in [1.29, 1.82) is 0 Å². The number of aliphatic hydroxyl groups excluding tert-OH is 1. The van der Waals surface area contributed by atoms with E-state index in [-0.39, 0.29) is 5.69 Å². The van der Waals surface area contributed by atoms with Gasteiger partial charge in [-0.05, 0) is 6.07 Å².